The Balaban J connectivity index is 1.49. The molecule has 154 valence electrons. The van der Waals surface area contributed by atoms with E-state index in [2.05, 4.69) is 65.6 Å². The van der Waals surface area contributed by atoms with Crippen molar-refractivity contribution in [2.24, 2.45) is 0 Å². The Morgan fingerprint density at radius 1 is 1.17 bits per heavy atom. The first-order valence-electron chi connectivity index (χ1n) is 10.1. The molecule has 3 rings (SSSR count). The van der Waals surface area contributed by atoms with Gasteiger partial charge in [-0.25, -0.2) is 4.98 Å². The van der Waals surface area contributed by atoms with Crippen molar-refractivity contribution in [3.8, 4) is 10.6 Å². The number of thiazole rings is 1. The zero-order valence-electron chi connectivity index (χ0n) is 17.6. The highest BCUT2D eigenvalue weighted by molar-refractivity contribution is 7.16. The maximum atomic E-state index is 12.4. The number of carbonyl (C=O) groups excluding carboxylic acids is 1. The molecular formula is C23H29N3OS2. The van der Waals surface area contributed by atoms with E-state index in [-0.39, 0.29) is 5.91 Å². The van der Waals surface area contributed by atoms with Gasteiger partial charge < -0.3 is 5.32 Å². The van der Waals surface area contributed by atoms with E-state index < -0.39 is 0 Å². The summed E-state index contributed by atoms with van der Waals surface area (Å²) in [5.41, 5.74) is 3.00. The predicted molar refractivity (Wildman–Crippen MR) is 124 cm³/mol. The Kier molecular flexibility index (Phi) is 7.58. The summed E-state index contributed by atoms with van der Waals surface area (Å²) in [6.07, 6.45) is 0.831. The van der Waals surface area contributed by atoms with Gasteiger partial charge >= 0.3 is 0 Å². The number of carbonyl (C=O) groups is 1. The van der Waals surface area contributed by atoms with Crippen LogP contribution in [0.2, 0.25) is 0 Å². The molecule has 6 heteroatoms. The van der Waals surface area contributed by atoms with Gasteiger partial charge in [-0.15, -0.1) is 22.7 Å². The predicted octanol–water partition coefficient (Wildman–Crippen LogP) is 5.38. The second-order valence-electron chi connectivity index (χ2n) is 7.38. The van der Waals surface area contributed by atoms with E-state index in [9.17, 15) is 4.79 Å². The lowest BCUT2D eigenvalue weighted by molar-refractivity contribution is 0.0954. The average molecular weight is 428 g/mol. The normalized spacial score (nSPS) is 11.4. The fourth-order valence-electron chi connectivity index (χ4n) is 3.18. The van der Waals surface area contributed by atoms with Crippen molar-refractivity contribution in [1.29, 1.82) is 0 Å². The minimum absolute atomic E-state index is 0.0142. The van der Waals surface area contributed by atoms with E-state index >= 15 is 0 Å². The van der Waals surface area contributed by atoms with E-state index in [0.717, 1.165) is 30.2 Å². The maximum Gasteiger partial charge on any atom is 0.251 e. The highest BCUT2D eigenvalue weighted by atomic mass is 32.1. The molecule has 0 unspecified atom stereocenters. The molecule has 0 fully saturated rings. The number of rotatable bonds is 9. The molecule has 0 radical (unpaired) electrons. The summed E-state index contributed by atoms with van der Waals surface area (Å²) in [5, 5.41) is 6.21. The fraction of sp³-hybridized carbons (Fsp3) is 0.391. The van der Waals surface area contributed by atoms with E-state index in [1.165, 1.54) is 15.3 Å². The molecule has 0 aliphatic rings. The van der Waals surface area contributed by atoms with Crippen molar-refractivity contribution < 1.29 is 4.79 Å². The van der Waals surface area contributed by atoms with Gasteiger partial charge in [-0.1, -0.05) is 19.1 Å². The van der Waals surface area contributed by atoms with Gasteiger partial charge in [0, 0.05) is 35.0 Å². The number of hydrogen-bond donors (Lipinski definition) is 1. The van der Waals surface area contributed by atoms with Crippen LogP contribution in [0.3, 0.4) is 0 Å². The Morgan fingerprint density at radius 3 is 2.55 bits per heavy atom. The number of thiophene rings is 1. The summed E-state index contributed by atoms with van der Waals surface area (Å²) in [5.74, 6) is -0.0142. The highest BCUT2D eigenvalue weighted by Gasteiger charge is 2.10. The lowest BCUT2D eigenvalue weighted by Crippen LogP contribution is -2.30. The van der Waals surface area contributed by atoms with Crippen LogP contribution in [-0.4, -0.2) is 34.9 Å². The maximum absolute atomic E-state index is 12.4. The molecule has 0 saturated heterocycles. The minimum Gasteiger partial charge on any atom is -0.352 e. The molecule has 1 N–H and O–H groups in total. The topological polar surface area (TPSA) is 45.2 Å². The van der Waals surface area contributed by atoms with Crippen molar-refractivity contribution >= 4 is 28.6 Å². The molecule has 29 heavy (non-hydrogen) atoms. The smallest absolute Gasteiger partial charge is 0.251 e. The molecule has 0 aliphatic carbocycles. The van der Waals surface area contributed by atoms with Gasteiger partial charge in [0.2, 0.25) is 0 Å². The lowest BCUT2D eigenvalue weighted by atomic mass is 10.1. The Hall–Kier alpha value is -2.02. The molecule has 0 spiro atoms. The van der Waals surface area contributed by atoms with E-state index in [4.69, 9.17) is 0 Å². The zero-order chi connectivity index (χ0) is 20.8. The van der Waals surface area contributed by atoms with E-state index in [0.29, 0.717) is 18.2 Å². The van der Waals surface area contributed by atoms with Gasteiger partial charge in [-0.3, -0.25) is 9.69 Å². The average Bonchev–Trinajstić information content (AvgIpc) is 3.35. The molecule has 2 aromatic heterocycles. The van der Waals surface area contributed by atoms with Crippen molar-refractivity contribution in [1.82, 2.24) is 15.2 Å². The second kappa shape index (κ2) is 10.1. The second-order valence-corrected chi connectivity index (χ2v) is 9.61. The first-order valence-corrected chi connectivity index (χ1v) is 11.8. The third kappa shape index (κ3) is 5.98. The Bertz CT molecular complexity index is 928. The van der Waals surface area contributed by atoms with Gasteiger partial charge in [0.15, 0.2) is 0 Å². The van der Waals surface area contributed by atoms with Crippen LogP contribution in [0.15, 0.2) is 41.8 Å². The van der Waals surface area contributed by atoms with Gasteiger partial charge in [-0.05, 0) is 63.6 Å². The number of benzene rings is 1. The Labute approximate surface area is 181 Å². The monoisotopic (exact) mass is 427 g/mol. The van der Waals surface area contributed by atoms with Crippen molar-refractivity contribution in [3.05, 3.63) is 62.8 Å². The molecule has 0 aliphatic heterocycles. The summed E-state index contributed by atoms with van der Waals surface area (Å²) >= 11 is 3.42. The summed E-state index contributed by atoms with van der Waals surface area (Å²) in [6, 6.07) is 12.7. The molecule has 1 amide bonds. The van der Waals surface area contributed by atoms with Crippen LogP contribution in [0.25, 0.3) is 10.6 Å². The van der Waals surface area contributed by atoms with E-state index in [1.807, 2.05) is 19.1 Å². The van der Waals surface area contributed by atoms with Crippen LogP contribution in [-0.2, 0) is 13.0 Å². The van der Waals surface area contributed by atoms with Crippen LogP contribution in [0.1, 0.15) is 46.6 Å². The van der Waals surface area contributed by atoms with Gasteiger partial charge in [0.05, 0.1) is 15.6 Å². The molecule has 0 bridgehead atoms. The van der Waals surface area contributed by atoms with Crippen LogP contribution in [0.5, 0.6) is 0 Å². The fourth-order valence-corrected chi connectivity index (χ4v) is 4.84. The lowest BCUT2D eigenvalue weighted by Gasteiger charge is -2.24. The largest absolute Gasteiger partial charge is 0.352 e. The molecule has 1 aromatic carbocycles. The standard InChI is InChI=1S/C23H29N3OS2/c1-5-26(16(2)3)14-18-6-8-19(9-7-18)23(27)24-13-12-20-10-11-22(29-20)21-15-28-17(4)25-21/h6-11,15-16H,5,12-14H2,1-4H3,(H,24,27). The summed E-state index contributed by atoms with van der Waals surface area (Å²) in [6.45, 7) is 11.2. The Morgan fingerprint density at radius 2 is 1.93 bits per heavy atom. The molecule has 0 saturated carbocycles. The van der Waals surface area contributed by atoms with Crippen molar-refractivity contribution in [3.63, 3.8) is 0 Å². The quantitative estimate of drug-likeness (QED) is 0.498. The first kappa shape index (κ1) is 21.7. The molecule has 2 heterocycles. The van der Waals surface area contributed by atoms with Crippen LogP contribution >= 0.6 is 22.7 Å². The first-order chi connectivity index (χ1) is 14.0. The molecule has 0 atom stereocenters. The highest BCUT2D eigenvalue weighted by Crippen LogP contribution is 2.29. The molecule has 4 nitrogen and oxygen atoms in total. The zero-order valence-corrected chi connectivity index (χ0v) is 19.2. The van der Waals surface area contributed by atoms with Crippen molar-refractivity contribution in [2.75, 3.05) is 13.1 Å². The number of amides is 1. The van der Waals surface area contributed by atoms with Gasteiger partial charge in [-0.2, -0.15) is 0 Å². The third-order valence-corrected chi connectivity index (χ3v) is 6.87. The molecular weight excluding hydrogens is 398 g/mol. The summed E-state index contributed by atoms with van der Waals surface area (Å²) < 4.78 is 0. The third-order valence-electron chi connectivity index (χ3n) is 4.93. The molecule has 3 aromatic rings. The number of aromatic nitrogens is 1. The van der Waals surface area contributed by atoms with E-state index in [1.54, 1.807) is 22.7 Å². The SMILES string of the molecule is CCN(Cc1ccc(C(=O)NCCc2ccc(-c3csc(C)n3)s2)cc1)C(C)C. The van der Waals surface area contributed by atoms with Crippen LogP contribution in [0, 0.1) is 6.92 Å². The van der Waals surface area contributed by atoms with Gasteiger partial charge in [0.1, 0.15) is 0 Å². The number of nitrogens with zero attached hydrogens (tertiary/aromatic N) is 2. The van der Waals surface area contributed by atoms with Crippen LogP contribution in [0.4, 0.5) is 0 Å². The van der Waals surface area contributed by atoms with Crippen molar-refractivity contribution in [2.45, 2.75) is 46.7 Å². The minimum atomic E-state index is -0.0142. The van der Waals surface area contributed by atoms with Crippen LogP contribution < -0.4 is 5.32 Å². The summed E-state index contributed by atoms with van der Waals surface area (Å²) in [7, 11) is 0. The number of aryl methyl sites for hydroxylation is 1. The number of hydrogen-bond acceptors (Lipinski definition) is 5. The number of nitrogens with one attached hydrogen (secondary N) is 1. The summed E-state index contributed by atoms with van der Waals surface area (Å²) in [4.78, 5) is 21.8. The van der Waals surface area contributed by atoms with Gasteiger partial charge in [0.25, 0.3) is 5.91 Å².